The molecule has 2 nitrogen and oxygen atoms in total. The Hall–Kier alpha value is -1.06. The zero-order chi connectivity index (χ0) is 10.9. The molecule has 0 aromatic heterocycles. The average Bonchev–Trinajstić information content (AvgIpc) is 2.26. The van der Waals surface area contributed by atoms with Crippen LogP contribution in [0.3, 0.4) is 0 Å². The van der Waals surface area contributed by atoms with Crippen molar-refractivity contribution < 1.29 is 0 Å². The number of allylic oxidation sites excluding steroid dienone is 1. The molecular weight excluding hydrogens is 252 g/mol. The van der Waals surface area contributed by atoms with E-state index in [2.05, 4.69) is 15.9 Å². The summed E-state index contributed by atoms with van der Waals surface area (Å²) in [5.74, 6) is 0. The Balaban J connectivity index is 2.36. The van der Waals surface area contributed by atoms with Gasteiger partial charge in [0.05, 0.1) is 5.54 Å². The normalized spacial score (nSPS) is 25.7. The van der Waals surface area contributed by atoms with Crippen LogP contribution < -0.4 is 11.5 Å². The van der Waals surface area contributed by atoms with Crippen LogP contribution in [-0.2, 0) is 5.54 Å². The van der Waals surface area contributed by atoms with E-state index in [1.54, 1.807) is 0 Å². The lowest BCUT2D eigenvalue weighted by molar-refractivity contribution is 0.558. The van der Waals surface area contributed by atoms with Crippen molar-refractivity contribution in [1.29, 1.82) is 0 Å². The fourth-order valence-corrected chi connectivity index (χ4v) is 2.29. The molecule has 1 aliphatic rings. The number of nitrogens with two attached hydrogens (primary N) is 2. The lowest BCUT2D eigenvalue weighted by atomic mass is 9.84. The van der Waals surface area contributed by atoms with Crippen LogP contribution in [0.15, 0.2) is 52.7 Å². The van der Waals surface area contributed by atoms with Gasteiger partial charge in [0.1, 0.15) is 0 Å². The van der Waals surface area contributed by atoms with Gasteiger partial charge in [0.25, 0.3) is 0 Å². The second-order valence-corrected chi connectivity index (χ2v) is 4.73. The quantitative estimate of drug-likeness (QED) is 0.819. The Labute approximate surface area is 97.8 Å². The van der Waals surface area contributed by atoms with Crippen LogP contribution >= 0.6 is 15.9 Å². The first-order valence-corrected chi connectivity index (χ1v) is 5.59. The van der Waals surface area contributed by atoms with E-state index < -0.39 is 5.54 Å². The van der Waals surface area contributed by atoms with Gasteiger partial charge in [-0.15, -0.1) is 0 Å². The molecule has 0 fully saturated rings. The molecule has 4 N–H and O–H groups in total. The Morgan fingerprint density at radius 1 is 1.20 bits per heavy atom. The minimum atomic E-state index is -0.442. The molecule has 1 aromatic rings. The third-order valence-corrected chi connectivity index (χ3v) is 3.37. The maximum absolute atomic E-state index is 6.33. The molecule has 0 spiro atoms. The molecule has 1 atom stereocenters. The Morgan fingerprint density at radius 2 is 1.87 bits per heavy atom. The van der Waals surface area contributed by atoms with Crippen LogP contribution in [0.5, 0.6) is 0 Å². The van der Waals surface area contributed by atoms with Gasteiger partial charge in [0.15, 0.2) is 0 Å². The summed E-state index contributed by atoms with van der Waals surface area (Å²) < 4.78 is 0.969. The Morgan fingerprint density at radius 3 is 2.47 bits per heavy atom. The summed E-state index contributed by atoms with van der Waals surface area (Å²) in [6.07, 6.45) is 4.53. The summed E-state index contributed by atoms with van der Waals surface area (Å²) in [7, 11) is 0. The topological polar surface area (TPSA) is 52.0 Å². The number of hydrogen-bond acceptors (Lipinski definition) is 2. The molecule has 0 heterocycles. The lowest BCUT2D eigenvalue weighted by Crippen LogP contribution is -2.36. The average molecular weight is 265 g/mol. The molecular formula is C12H13BrN2. The van der Waals surface area contributed by atoms with E-state index in [0.717, 1.165) is 15.7 Å². The fourth-order valence-electron chi connectivity index (χ4n) is 1.69. The molecule has 78 valence electrons. The van der Waals surface area contributed by atoms with E-state index in [0.29, 0.717) is 6.42 Å². The highest BCUT2D eigenvalue weighted by atomic mass is 79.9. The van der Waals surface area contributed by atoms with E-state index in [1.807, 2.05) is 42.5 Å². The number of benzene rings is 1. The molecule has 1 aromatic carbocycles. The van der Waals surface area contributed by atoms with Gasteiger partial charge in [-0.05, 0) is 11.6 Å². The molecule has 3 heteroatoms. The van der Waals surface area contributed by atoms with E-state index in [-0.39, 0.29) is 0 Å². The van der Waals surface area contributed by atoms with E-state index in [1.165, 1.54) is 0 Å². The third kappa shape index (κ3) is 1.98. The van der Waals surface area contributed by atoms with Gasteiger partial charge in [-0.1, -0.05) is 52.3 Å². The second-order valence-electron chi connectivity index (χ2n) is 3.78. The monoisotopic (exact) mass is 264 g/mol. The number of hydrogen-bond donors (Lipinski definition) is 2. The fraction of sp³-hybridized carbons (Fsp3) is 0.167. The molecule has 0 amide bonds. The van der Waals surface area contributed by atoms with Crippen LogP contribution in [0, 0.1) is 0 Å². The van der Waals surface area contributed by atoms with Gasteiger partial charge in [0.2, 0.25) is 0 Å². The molecule has 15 heavy (non-hydrogen) atoms. The summed E-state index contributed by atoms with van der Waals surface area (Å²) in [5, 5.41) is 0. The van der Waals surface area contributed by atoms with Crippen molar-refractivity contribution in [2.75, 3.05) is 0 Å². The highest BCUT2D eigenvalue weighted by Gasteiger charge is 2.28. The van der Waals surface area contributed by atoms with Crippen LogP contribution in [-0.4, -0.2) is 0 Å². The van der Waals surface area contributed by atoms with Gasteiger partial charge in [0, 0.05) is 16.6 Å². The predicted octanol–water partition coefficient (Wildman–Crippen LogP) is 2.37. The molecule has 0 saturated carbocycles. The van der Waals surface area contributed by atoms with Crippen molar-refractivity contribution in [2.24, 2.45) is 11.5 Å². The van der Waals surface area contributed by atoms with Crippen molar-refractivity contribution in [3.8, 4) is 0 Å². The maximum atomic E-state index is 6.33. The summed E-state index contributed by atoms with van der Waals surface area (Å²) in [4.78, 5) is 0. The number of halogens is 1. The van der Waals surface area contributed by atoms with E-state index in [9.17, 15) is 0 Å². The summed E-state index contributed by atoms with van der Waals surface area (Å²) >= 11 is 3.45. The first-order valence-electron chi connectivity index (χ1n) is 4.79. The Bertz CT molecular complexity index is 423. The van der Waals surface area contributed by atoms with Crippen LogP contribution in [0.2, 0.25) is 0 Å². The molecule has 0 saturated heterocycles. The summed E-state index contributed by atoms with van der Waals surface area (Å²) in [6, 6.07) is 10.0. The molecule has 2 rings (SSSR count). The highest BCUT2D eigenvalue weighted by molar-refractivity contribution is 9.11. The molecule has 1 unspecified atom stereocenters. The maximum Gasteiger partial charge on any atom is 0.0646 e. The van der Waals surface area contributed by atoms with Crippen LogP contribution in [0.4, 0.5) is 0 Å². The highest BCUT2D eigenvalue weighted by Crippen LogP contribution is 2.34. The molecule has 0 radical (unpaired) electrons. The van der Waals surface area contributed by atoms with Crippen molar-refractivity contribution in [3.05, 3.63) is 58.2 Å². The Kier molecular flexibility index (Phi) is 2.67. The van der Waals surface area contributed by atoms with Gasteiger partial charge in [-0.2, -0.15) is 0 Å². The van der Waals surface area contributed by atoms with Gasteiger partial charge < -0.3 is 11.5 Å². The third-order valence-electron chi connectivity index (χ3n) is 2.63. The van der Waals surface area contributed by atoms with Crippen molar-refractivity contribution in [1.82, 2.24) is 0 Å². The molecule has 0 bridgehead atoms. The van der Waals surface area contributed by atoms with E-state index in [4.69, 9.17) is 11.5 Å². The smallest absolute Gasteiger partial charge is 0.0646 e. The standard InChI is InChI=1S/C12H13BrN2/c13-10-8-12(15,7-6-11(10)14)9-4-2-1-3-5-9/h1-7H,8,14-15H2. The second kappa shape index (κ2) is 3.83. The van der Waals surface area contributed by atoms with Crippen molar-refractivity contribution >= 4 is 15.9 Å². The van der Waals surface area contributed by atoms with E-state index >= 15 is 0 Å². The van der Waals surface area contributed by atoms with Crippen molar-refractivity contribution in [3.63, 3.8) is 0 Å². The SMILES string of the molecule is NC1=C(Br)CC(N)(c2ccccc2)C=C1. The van der Waals surface area contributed by atoms with Gasteiger partial charge in [-0.3, -0.25) is 0 Å². The van der Waals surface area contributed by atoms with Gasteiger partial charge in [-0.25, -0.2) is 0 Å². The largest absolute Gasteiger partial charge is 0.398 e. The lowest BCUT2D eigenvalue weighted by Gasteiger charge is -2.29. The molecule has 1 aliphatic carbocycles. The zero-order valence-electron chi connectivity index (χ0n) is 8.28. The molecule has 0 aliphatic heterocycles. The zero-order valence-corrected chi connectivity index (χ0v) is 9.87. The predicted molar refractivity (Wildman–Crippen MR) is 66.2 cm³/mol. The summed E-state index contributed by atoms with van der Waals surface area (Å²) in [6.45, 7) is 0. The summed E-state index contributed by atoms with van der Waals surface area (Å²) in [5.41, 5.74) is 13.5. The van der Waals surface area contributed by atoms with Crippen LogP contribution in [0.1, 0.15) is 12.0 Å². The minimum Gasteiger partial charge on any atom is -0.398 e. The minimum absolute atomic E-state index is 0.442. The first kappa shape index (κ1) is 10.5. The first-order chi connectivity index (χ1) is 7.12. The van der Waals surface area contributed by atoms with Gasteiger partial charge >= 0.3 is 0 Å². The van der Waals surface area contributed by atoms with Crippen molar-refractivity contribution in [2.45, 2.75) is 12.0 Å². The van der Waals surface area contributed by atoms with Crippen LogP contribution in [0.25, 0.3) is 0 Å². The number of rotatable bonds is 1.